The first-order valence-electron chi connectivity index (χ1n) is 9.88. The summed E-state index contributed by atoms with van der Waals surface area (Å²) in [4.78, 5) is 39.3. The van der Waals surface area contributed by atoms with E-state index < -0.39 is 0 Å². The van der Waals surface area contributed by atoms with Gasteiger partial charge in [-0.3, -0.25) is 0 Å². The molecule has 0 N–H and O–H groups in total. The van der Waals surface area contributed by atoms with E-state index >= 15 is 0 Å². The number of pyridine rings is 2. The molecular formula is C37H55N11W42Y6-18. The first kappa shape index (κ1) is 452. The fourth-order valence-electron chi connectivity index (χ4n) is 1.41. The molecule has 6 rings (SSSR count). The standard InChI is InChI=1S/2C5H4N.3C4H3N2.C3H2N3.12CH3.42W.6Y/c2*1-2-4-6-5-3-1;1-2-6-4-3-5-1;2*1-2-5-4-6-3-1;1-4-2-6-3-5-1;;;;;;;;;;;;;;;;;;;;;;;;;;;;;;;;;;;;;;;;;;;;;;;;;;;;;;;;;;;;/h1-2,4-5H;1-4H;1-3H;1-2,4H;1-3H;1-2H;12*1H3;;;;;;;;;;;;;;;;;;;;;;;;;;;;;;;;;;;;;;;;;;;;;;;;/q18*-1;;;;;;;;;;;;;;;;;;;;;;;;;;;;;;;;;;;;;;;;;;;;;;;;. The van der Waals surface area contributed by atoms with Crippen LogP contribution in [0.2, 0.25) is 0 Å². The van der Waals surface area contributed by atoms with Gasteiger partial charge in [0.05, 0.1) is 0 Å². The molecule has 0 fully saturated rings. The number of hydrogen-bond acceptors (Lipinski definition) is 11. The number of nitrogens with zero attached hydrogens (tertiary/aromatic N) is 11. The molecule has 96 heavy (non-hydrogen) atoms. The van der Waals surface area contributed by atoms with Crippen molar-refractivity contribution in [2.24, 2.45) is 0 Å². The molecule has 6 heterocycles. The molecule has 0 saturated heterocycles. The van der Waals surface area contributed by atoms with Gasteiger partial charge in [0, 0.05) is 1110 Å². The normalized spacial score (nSPS) is 3.00. The number of aromatic nitrogens is 11. The van der Waals surface area contributed by atoms with Crippen LogP contribution < -0.4 is 0 Å². The molecule has 6 aromatic rings. The summed E-state index contributed by atoms with van der Waals surface area (Å²) in [5.74, 6) is 0. The molecule has 0 spiro atoms. The molecule has 0 atom stereocenters. The van der Waals surface area contributed by atoms with E-state index in [0.29, 0.717) is 0 Å². The molecule has 0 aliphatic rings. The van der Waals surface area contributed by atoms with Crippen molar-refractivity contribution in [3.05, 3.63) is 244 Å². The minimum Gasteiger partial charge on any atom is -0.456 e. The average molecular weight is 8910 g/mol. The second-order valence-electron chi connectivity index (χ2n) is 5.17. The minimum absolute atomic E-state index is 0. The molecule has 0 aliphatic heterocycles. The molecule has 11 nitrogen and oxygen atoms in total. The quantitative estimate of drug-likeness (QED) is 0.139. The Hall–Kier alpha value is 30.1. The second-order valence-corrected chi connectivity index (χ2v) is 5.17. The van der Waals surface area contributed by atoms with E-state index in [-0.39, 0.29) is 1170 Å². The van der Waals surface area contributed by atoms with Crippen molar-refractivity contribution in [1.82, 2.24) is 54.8 Å². The summed E-state index contributed by atoms with van der Waals surface area (Å²) in [5, 5.41) is 0. The predicted molar refractivity (Wildman–Crippen MR) is 204 cm³/mol. The summed E-state index contributed by atoms with van der Waals surface area (Å²) >= 11 is 0. The molecule has 6 radical (unpaired) electrons. The molecule has 0 bridgehead atoms. The fraction of sp³-hybridized carbons (Fsp3) is 0. The van der Waals surface area contributed by atoms with Gasteiger partial charge in [-0.05, 0) is 18.7 Å². The van der Waals surface area contributed by atoms with Crippen LogP contribution in [0.15, 0.2) is 117 Å². The zero-order chi connectivity index (χ0) is 25.5. The maximum Gasteiger partial charge on any atom is 0.0241 e. The maximum absolute atomic E-state index is 3.73. The van der Waals surface area contributed by atoms with E-state index in [2.05, 4.69) is 92.1 Å². The molecule has 546 valence electrons. The Bertz CT molecular complexity index is 835. The van der Waals surface area contributed by atoms with Gasteiger partial charge in [-0.2, -0.15) is 24.3 Å². The molecule has 0 amide bonds. The van der Waals surface area contributed by atoms with Crippen molar-refractivity contribution < 1.29 is 1080 Å². The van der Waals surface area contributed by atoms with Crippen LogP contribution in [-0.2, 0) is 1080 Å². The van der Waals surface area contributed by atoms with Crippen molar-refractivity contribution in [3.63, 3.8) is 0 Å². The van der Waals surface area contributed by atoms with Crippen molar-refractivity contribution in [2.45, 2.75) is 0 Å². The summed E-state index contributed by atoms with van der Waals surface area (Å²) in [5.41, 5.74) is 0. The van der Waals surface area contributed by atoms with Gasteiger partial charge in [0.25, 0.3) is 0 Å². The summed E-state index contributed by atoms with van der Waals surface area (Å²) in [7, 11) is 0. The topological polar surface area (TPSA) is 142 Å². The molecular weight excluding hydrogens is 8850 g/mol. The minimum atomic E-state index is 0. The Labute approximate surface area is 1340 Å². The van der Waals surface area contributed by atoms with Crippen LogP contribution in [0.4, 0.5) is 0 Å². The zero-order valence-corrected chi connectivity index (χ0v) is 192. The van der Waals surface area contributed by atoms with Crippen LogP contribution in [0.3, 0.4) is 0 Å². The summed E-state index contributed by atoms with van der Waals surface area (Å²) < 4.78 is 0. The molecule has 59 heteroatoms. The van der Waals surface area contributed by atoms with E-state index in [0.717, 1.165) is 0 Å². The maximum atomic E-state index is 3.73. The van der Waals surface area contributed by atoms with Crippen molar-refractivity contribution >= 4 is 0 Å². The van der Waals surface area contributed by atoms with Gasteiger partial charge in [-0.1, -0.05) is 49.6 Å². The van der Waals surface area contributed by atoms with E-state index in [1.807, 2.05) is 24.3 Å². The first-order chi connectivity index (χ1) is 18.0. The van der Waals surface area contributed by atoms with E-state index in [1.54, 1.807) is 67.8 Å². The predicted octanol–water partition coefficient (Wildman–Crippen LogP) is 7.55. The smallest absolute Gasteiger partial charge is 0.0241 e. The van der Waals surface area contributed by atoms with Gasteiger partial charge in [0.2, 0.25) is 0 Å². The van der Waals surface area contributed by atoms with Crippen molar-refractivity contribution in [1.29, 1.82) is 0 Å². The Morgan fingerprint density at radius 1 is 0.167 bits per heavy atom. The second kappa shape index (κ2) is 441. The summed E-state index contributed by atoms with van der Waals surface area (Å²) in [6.07, 6.45) is 31.3. The summed E-state index contributed by atoms with van der Waals surface area (Å²) in [6.45, 7) is 0. The third-order valence-corrected chi connectivity index (χ3v) is 2.70. The fourth-order valence-corrected chi connectivity index (χ4v) is 1.41. The van der Waals surface area contributed by atoms with Crippen LogP contribution in [-0.4, -0.2) is 54.8 Å². The van der Waals surface area contributed by atoms with E-state index in [4.69, 9.17) is 0 Å². The first-order valence-corrected chi connectivity index (χ1v) is 9.88. The van der Waals surface area contributed by atoms with Crippen LogP contribution >= 0.6 is 0 Å². The van der Waals surface area contributed by atoms with Crippen LogP contribution in [0.25, 0.3) is 0 Å². The van der Waals surface area contributed by atoms with Crippen LogP contribution in [0.1, 0.15) is 0 Å². The van der Waals surface area contributed by atoms with Gasteiger partial charge < -0.3 is 144 Å². The van der Waals surface area contributed by atoms with Gasteiger partial charge in [0.1, 0.15) is 0 Å². The van der Waals surface area contributed by atoms with Crippen LogP contribution in [0, 0.1) is 126 Å². The van der Waals surface area contributed by atoms with Gasteiger partial charge in [-0.25, -0.2) is 12.1 Å². The molecule has 0 aromatic carbocycles. The zero-order valence-electron chi connectivity index (χ0n) is 51.5. The Kier molecular flexibility index (Phi) is 2080. The largest absolute Gasteiger partial charge is 0.456 e. The Balaban J connectivity index is -0.00000000248. The Morgan fingerprint density at radius 3 is 0.500 bits per heavy atom. The van der Waals surface area contributed by atoms with Crippen molar-refractivity contribution in [2.75, 3.05) is 0 Å². The molecule has 0 unspecified atom stereocenters. The summed E-state index contributed by atoms with van der Waals surface area (Å²) in [6, 6.07) is 15.3. The molecule has 0 saturated carbocycles. The van der Waals surface area contributed by atoms with E-state index in [9.17, 15) is 0 Å². The third kappa shape index (κ3) is 430. The number of hydrogen-bond donors (Lipinski definition) is 0. The monoisotopic (exact) mass is 8910 g/mol. The SMILES string of the molecule is [CH3-].[CH3-].[CH3-].[CH3-].[CH3-].[CH3-].[CH3-].[CH3-].[CH3-].[CH3-].[CH3-].[CH3-].[W].[W].[W].[W].[W].[W].[W].[W].[W].[W].[W].[W].[W].[W].[W].[W].[W].[W].[W].[W].[W].[W].[W].[W].[W].[W].[W].[W].[W].[W].[W].[W].[W].[W].[W].[W].[W].[W].[W].[W].[W].[W].[Y].[Y].[Y].[Y].[Y].[Y].[c-]1ccccn1.[c-]1cccnc1.[c-]1ccncn1.[c-]1cnccn1.[c-]1ncccn1.[c-]1ncncn1. The number of rotatable bonds is 0. The molecule has 6 aromatic heterocycles. The van der Waals surface area contributed by atoms with Crippen LogP contribution in [0.5, 0.6) is 0 Å². The van der Waals surface area contributed by atoms with Crippen molar-refractivity contribution in [3.8, 4) is 0 Å². The average Bonchev–Trinajstić information content (AvgIpc) is 3.04. The van der Waals surface area contributed by atoms with E-state index in [1.165, 1.54) is 25.2 Å². The van der Waals surface area contributed by atoms with Gasteiger partial charge in [-0.15, -0.1) is 24.5 Å². The molecule has 0 aliphatic carbocycles. The Morgan fingerprint density at radius 2 is 0.438 bits per heavy atom. The van der Waals surface area contributed by atoms with Gasteiger partial charge in [0.15, 0.2) is 0 Å². The third-order valence-electron chi connectivity index (χ3n) is 2.70. The van der Waals surface area contributed by atoms with Gasteiger partial charge >= 0.3 is 0 Å².